The van der Waals surface area contributed by atoms with Crippen molar-refractivity contribution < 1.29 is 23.8 Å². The summed E-state index contributed by atoms with van der Waals surface area (Å²) in [4.78, 5) is 25.1. The molecular weight excluding hydrogens is 446 g/mol. The van der Waals surface area contributed by atoms with Gasteiger partial charge >= 0.3 is 12.1 Å². The molecule has 4 atom stereocenters. The Labute approximate surface area is 203 Å². The number of fused-ring (bicyclic) bond motifs is 2. The Balaban J connectivity index is 1.14. The summed E-state index contributed by atoms with van der Waals surface area (Å²) in [6.45, 7) is 4.73. The van der Waals surface area contributed by atoms with Gasteiger partial charge in [-0.05, 0) is 35.1 Å². The number of ether oxygens (including phenoxy) is 3. The lowest BCUT2D eigenvalue weighted by Crippen LogP contribution is -2.46. The second-order valence-corrected chi connectivity index (χ2v) is 9.17. The van der Waals surface area contributed by atoms with Gasteiger partial charge in [-0.2, -0.15) is 0 Å². The maximum absolute atomic E-state index is 12.6. The summed E-state index contributed by atoms with van der Waals surface area (Å²) in [6.07, 6.45) is -1.96. The fourth-order valence-corrected chi connectivity index (χ4v) is 4.59. The standard InChI is InChI=1S/C27H29N3O5/c1-16(2)17-10-12-19(13-11-17)28-26(31)29-22-14-33-25-23(15-34-24(22)25)35-27(32)30-21-9-5-7-18-6-3-4-8-20(18)21/h3-13,16,22-25H,14-15H2,1-2H3,(H,30,32)(H2,28,29,31)/t22-,23-,24-,25+/m1/s1. The number of urea groups is 1. The molecule has 2 heterocycles. The molecule has 35 heavy (non-hydrogen) atoms. The molecule has 3 N–H and O–H groups in total. The second kappa shape index (κ2) is 9.93. The normalized spacial score (nSPS) is 23.2. The van der Waals surface area contributed by atoms with Gasteiger partial charge in [0.2, 0.25) is 0 Å². The van der Waals surface area contributed by atoms with Crippen molar-refractivity contribution in [2.75, 3.05) is 23.8 Å². The number of nitrogens with one attached hydrogen (secondary N) is 3. The fraction of sp³-hybridized carbons (Fsp3) is 0.333. The van der Waals surface area contributed by atoms with Crippen LogP contribution in [-0.4, -0.2) is 49.7 Å². The van der Waals surface area contributed by atoms with E-state index < -0.39 is 18.3 Å². The number of hydrogen-bond acceptors (Lipinski definition) is 5. The third-order valence-corrected chi connectivity index (χ3v) is 6.44. The summed E-state index contributed by atoms with van der Waals surface area (Å²) in [5.41, 5.74) is 2.59. The first-order valence-corrected chi connectivity index (χ1v) is 11.8. The first-order valence-electron chi connectivity index (χ1n) is 11.8. The van der Waals surface area contributed by atoms with Crippen LogP contribution in [0.25, 0.3) is 10.8 Å². The zero-order valence-corrected chi connectivity index (χ0v) is 19.7. The molecule has 2 fully saturated rings. The van der Waals surface area contributed by atoms with Gasteiger partial charge in [-0.15, -0.1) is 0 Å². The van der Waals surface area contributed by atoms with Crippen molar-refractivity contribution in [1.82, 2.24) is 5.32 Å². The van der Waals surface area contributed by atoms with Crippen LogP contribution in [0.2, 0.25) is 0 Å². The Kier molecular flexibility index (Phi) is 6.57. The first kappa shape index (κ1) is 23.1. The van der Waals surface area contributed by atoms with Crippen LogP contribution in [0.3, 0.4) is 0 Å². The van der Waals surface area contributed by atoms with Crippen molar-refractivity contribution in [3.8, 4) is 0 Å². The zero-order valence-electron chi connectivity index (χ0n) is 19.7. The minimum absolute atomic E-state index is 0.203. The van der Waals surface area contributed by atoms with E-state index in [9.17, 15) is 9.59 Å². The molecule has 5 rings (SSSR count). The van der Waals surface area contributed by atoms with Gasteiger partial charge < -0.3 is 24.8 Å². The minimum Gasteiger partial charge on any atom is -0.441 e. The average Bonchev–Trinajstić information content (AvgIpc) is 3.43. The molecule has 2 aliphatic rings. The van der Waals surface area contributed by atoms with Crippen molar-refractivity contribution in [3.05, 3.63) is 72.3 Å². The minimum atomic E-state index is -0.571. The molecule has 8 nitrogen and oxygen atoms in total. The molecule has 0 saturated carbocycles. The Morgan fingerprint density at radius 3 is 2.43 bits per heavy atom. The Bertz CT molecular complexity index is 1210. The van der Waals surface area contributed by atoms with Crippen molar-refractivity contribution >= 4 is 34.3 Å². The largest absolute Gasteiger partial charge is 0.441 e. The Morgan fingerprint density at radius 1 is 0.886 bits per heavy atom. The second-order valence-electron chi connectivity index (χ2n) is 9.17. The summed E-state index contributed by atoms with van der Waals surface area (Å²) < 4.78 is 17.3. The fourth-order valence-electron chi connectivity index (χ4n) is 4.59. The van der Waals surface area contributed by atoms with Gasteiger partial charge in [0.25, 0.3) is 0 Å². The molecule has 3 amide bonds. The highest BCUT2D eigenvalue weighted by Gasteiger charge is 2.50. The van der Waals surface area contributed by atoms with Crippen LogP contribution in [0.15, 0.2) is 66.7 Å². The van der Waals surface area contributed by atoms with Crippen molar-refractivity contribution in [3.63, 3.8) is 0 Å². The van der Waals surface area contributed by atoms with Crippen molar-refractivity contribution in [2.24, 2.45) is 0 Å². The average molecular weight is 476 g/mol. The number of amides is 3. The third kappa shape index (κ3) is 5.08. The lowest BCUT2D eigenvalue weighted by atomic mass is 10.0. The van der Waals surface area contributed by atoms with E-state index in [0.717, 1.165) is 10.8 Å². The molecule has 0 radical (unpaired) electrons. The molecule has 0 unspecified atom stereocenters. The summed E-state index contributed by atoms with van der Waals surface area (Å²) in [6, 6.07) is 20.6. The highest BCUT2D eigenvalue weighted by molar-refractivity contribution is 6.00. The smallest absolute Gasteiger partial charge is 0.412 e. The van der Waals surface area contributed by atoms with Gasteiger partial charge in [0.1, 0.15) is 12.2 Å². The molecule has 182 valence electrons. The van der Waals surface area contributed by atoms with Crippen molar-refractivity contribution in [1.29, 1.82) is 0 Å². The van der Waals surface area contributed by atoms with Gasteiger partial charge in [-0.25, -0.2) is 9.59 Å². The lowest BCUT2D eigenvalue weighted by Gasteiger charge is -2.18. The van der Waals surface area contributed by atoms with Crippen LogP contribution >= 0.6 is 0 Å². The molecule has 2 saturated heterocycles. The third-order valence-electron chi connectivity index (χ3n) is 6.44. The molecule has 8 heteroatoms. The van der Waals surface area contributed by atoms with Crippen LogP contribution in [-0.2, 0) is 14.2 Å². The number of hydrogen-bond donors (Lipinski definition) is 3. The maximum Gasteiger partial charge on any atom is 0.412 e. The summed E-state index contributed by atoms with van der Waals surface area (Å²) in [7, 11) is 0. The molecule has 0 aliphatic carbocycles. The highest BCUT2D eigenvalue weighted by Crippen LogP contribution is 2.30. The van der Waals surface area contributed by atoms with E-state index >= 15 is 0 Å². The topological polar surface area (TPSA) is 97.9 Å². The van der Waals surface area contributed by atoms with E-state index in [1.165, 1.54) is 5.56 Å². The lowest BCUT2D eigenvalue weighted by molar-refractivity contribution is 0.00874. The van der Waals surface area contributed by atoms with Crippen LogP contribution in [0.5, 0.6) is 0 Å². The van der Waals surface area contributed by atoms with Gasteiger partial charge in [0.15, 0.2) is 6.10 Å². The predicted molar refractivity (Wildman–Crippen MR) is 134 cm³/mol. The van der Waals surface area contributed by atoms with Crippen molar-refractivity contribution in [2.45, 2.75) is 44.1 Å². The number of rotatable bonds is 5. The van der Waals surface area contributed by atoms with Crippen LogP contribution in [0.4, 0.5) is 21.0 Å². The van der Waals surface area contributed by atoms with E-state index in [-0.39, 0.29) is 31.4 Å². The highest BCUT2D eigenvalue weighted by atomic mass is 16.6. The molecule has 3 aromatic carbocycles. The van der Waals surface area contributed by atoms with E-state index in [2.05, 4.69) is 29.8 Å². The molecule has 2 aliphatic heterocycles. The zero-order chi connectivity index (χ0) is 24.4. The predicted octanol–water partition coefficient (Wildman–Crippen LogP) is 4.87. The Morgan fingerprint density at radius 2 is 1.63 bits per heavy atom. The molecule has 0 bridgehead atoms. The molecular formula is C27H29N3O5. The monoisotopic (exact) mass is 475 g/mol. The molecule has 0 aromatic heterocycles. The first-order chi connectivity index (χ1) is 17.0. The summed E-state index contributed by atoms with van der Waals surface area (Å²) in [5.74, 6) is 0.425. The SMILES string of the molecule is CC(C)c1ccc(NC(=O)N[C@@H]2CO[C@@H]3[C@@H]2OC[C@H]3OC(=O)Nc2cccc3ccccc23)cc1. The van der Waals surface area contributed by atoms with Gasteiger partial charge in [0, 0.05) is 11.1 Å². The van der Waals surface area contributed by atoms with Crippen LogP contribution in [0, 0.1) is 0 Å². The van der Waals surface area contributed by atoms with E-state index in [0.29, 0.717) is 17.3 Å². The number of carbonyl (C=O) groups is 2. The van der Waals surface area contributed by atoms with Gasteiger partial charge in [-0.1, -0.05) is 62.4 Å². The summed E-state index contributed by atoms with van der Waals surface area (Å²) in [5, 5.41) is 10.5. The van der Waals surface area contributed by atoms with Crippen LogP contribution < -0.4 is 16.0 Å². The maximum atomic E-state index is 12.6. The number of anilines is 2. The Hall–Kier alpha value is -3.62. The van der Waals surface area contributed by atoms with E-state index in [1.807, 2.05) is 66.7 Å². The van der Waals surface area contributed by atoms with E-state index in [4.69, 9.17) is 14.2 Å². The van der Waals surface area contributed by atoms with E-state index in [1.54, 1.807) is 0 Å². The van der Waals surface area contributed by atoms with Gasteiger partial charge in [0.05, 0.1) is 24.9 Å². The quantitative estimate of drug-likeness (QED) is 0.489. The molecule has 0 spiro atoms. The summed E-state index contributed by atoms with van der Waals surface area (Å²) >= 11 is 0. The number of benzene rings is 3. The number of carbonyl (C=O) groups excluding carboxylic acids is 2. The van der Waals surface area contributed by atoms with Crippen LogP contribution in [0.1, 0.15) is 25.3 Å². The molecule has 3 aromatic rings. The van der Waals surface area contributed by atoms with Gasteiger partial charge in [-0.3, -0.25) is 5.32 Å².